The topological polar surface area (TPSA) is 58.2 Å². The fraction of sp³-hybridized carbons (Fsp3) is 0.125. The van der Waals surface area contributed by atoms with Gasteiger partial charge in [-0.2, -0.15) is 13.2 Å². The molecule has 0 aliphatic heterocycles. The molecule has 0 bridgehead atoms. The third kappa shape index (κ3) is 5.00. The lowest BCUT2D eigenvalue weighted by Gasteiger charge is -2.09. The van der Waals surface area contributed by atoms with Gasteiger partial charge in [0.25, 0.3) is 5.91 Å². The summed E-state index contributed by atoms with van der Waals surface area (Å²) in [6.07, 6.45) is -4.49. The van der Waals surface area contributed by atoms with Gasteiger partial charge in [0.15, 0.2) is 11.6 Å². The molecule has 25 heavy (non-hydrogen) atoms. The van der Waals surface area contributed by atoms with E-state index < -0.39 is 41.7 Å². The molecule has 0 aliphatic carbocycles. The Bertz CT molecular complexity index is 788. The molecule has 0 atom stereocenters. The molecule has 2 amide bonds. The maximum absolute atomic E-state index is 13.0. The molecular weight excluding hydrogens is 347 g/mol. The summed E-state index contributed by atoms with van der Waals surface area (Å²) in [6.45, 7) is -0.501. The molecule has 2 N–H and O–H groups in total. The van der Waals surface area contributed by atoms with Crippen LogP contribution in [0.1, 0.15) is 15.9 Å². The van der Waals surface area contributed by atoms with Gasteiger partial charge in [0.05, 0.1) is 12.1 Å². The number of rotatable bonds is 4. The van der Waals surface area contributed by atoms with E-state index in [0.29, 0.717) is 6.07 Å². The fourth-order valence-electron chi connectivity index (χ4n) is 1.85. The molecule has 2 rings (SSSR count). The molecular formula is C16H11F5N2O2. The largest absolute Gasteiger partial charge is 0.416 e. The molecule has 0 unspecified atom stereocenters. The number of carbonyl (C=O) groups is 2. The van der Waals surface area contributed by atoms with Crippen LogP contribution in [0.3, 0.4) is 0 Å². The van der Waals surface area contributed by atoms with E-state index in [-0.39, 0.29) is 11.3 Å². The van der Waals surface area contributed by atoms with E-state index >= 15 is 0 Å². The summed E-state index contributed by atoms with van der Waals surface area (Å²) < 4.78 is 63.1. The second kappa shape index (κ2) is 7.29. The summed E-state index contributed by atoms with van der Waals surface area (Å²) >= 11 is 0. The predicted octanol–water partition coefficient (Wildman–Crippen LogP) is 3.35. The van der Waals surface area contributed by atoms with Crippen LogP contribution >= 0.6 is 0 Å². The van der Waals surface area contributed by atoms with Crippen molar-refractivity contribution in [3.8, 4) is 0 Å². The number of benzene rings is 2. The molecule has 0 aliphatic rings. The number of anilines is 1. The first kappa shape index (κ1) is 18.4. The Kier molecular flexibility index (Phi) is 5.35. The molecule has 4 nitrogen and oxygen atoms in total. The highest BCUT2D eigenvalue weighted by Gasteiger charge is 2.29. The molecule has 9 heteroatoms. The fourth-order valence-corrected chi connectivity index (χ4v) is 1.85. The highest BCUT2D eigenvalue weighted by Crippen LogP contribution is 2.29. The molecule has 2 aromatic carbocycles. The Balaban J connectivity index is 1.90. The quantitative estimate of drug-likeness (QED) is 0.824. The van der Waals surface area contributed by atoms with Crippen LogP contribution in [-0.2, 0) is 11.0 Å². The van der Waals surface area contributed by atoms with Gasteiger partial charge in [-0.25, -0.2) is 8.78 Å². The Morgan fingerprint density at radius 2 is 1.56 bits per heavy atom. The Hall–Kier alpha value is -2.97. The summed E-state index contributed by atoms with van der Waals surface area (Å²) in [7, 11) is 0. The molecule has 0 spiro atoms. The smallest absolute Gasteiger partial charge is 0.343 e. The minimum atomic E-state index is -4.49. The van der Waals surface area contributed by atoms with Gasteiger partial charge in [0.2, 0.25) is 5.91 Å². The summed E-state index contributed by atoms with van der Waals surface area (Å²) in [4.78, 5) is 23.4. The molecule has 0 saturated carbocycles. The minimum absolute atomic E-state index is 0.111. The number of hydrogen-bond acceptors (Lipinski definition) is 2. The lowest BCUT2D eigenvalue weighted by molar-refractivity contribution is -0.137. The predicted molar refractivity (Wildman–Crippen MR) is 78.8 cm³/mol. The number of carbonyl (C=O) groups excluding carboxylic acids is 2. The average Bonchev–Trinajstić information content (AvgIpc) is 2.55. The van der Waals surface area contributed by atoms with Gasteiger partial charge in [-0.05, 0) is 42.5 Å². The van der Waals surface area contributed by atoms with Crippen LogP contribution in [-0.4, -0.2) is 18.4 Å². The molecule has 0 heterocycles. The molecule has 2 aromatic rings. The second-order valence-electron chi connectivity index (χ2n) is 4.93. The van der Waals surface area contributed by atoms with Crippen molar-refractivity contribution in [2.75, 3.05) is 11.9 Å². The zero-order valence-electron chi connectivity index (χ0n) is 12.5. The maximum atomic E-state index is 13.0. The SMILES string of the molecule is O=C(CNC(=O)c1ccc(F)c(F)c1)Nc1ccc(C(F)(F)F)cc1. The summed E-state index contributed by atoms with van der Waals surface area (Å²) in [5.74, 6) is -3.82. The summed E-state index contributed by atoms with van der Waals surface area (Å²) in [5, 5.41) is 4.47. The highest BCUT2D eigenvalue weighted by atomic mass is 19.4. The number of halogens is 5. The molecule has 132 valence electrons. The van der Waals surface area contributed by atoms with Crippen molar-refractivity contribution in [2.24, 2.45) is 0 Å². The molecule has 0 radical (unpaired) electrons. The van der Waals surface area contributed by atoms with Crippen LogP contribution in [0.4, 0.5) is 27.6 Å². The van der Waals surface area contributed by atoms with E-state index in [2.05, 4.69) is 10.6 Å². The van der Waals surface area contributed by atoms with Crippen LogP contribution in [0.25, 0.3) is 0 Å². The van der Waals surface area contributed by atoms with Gasteiger partial charge in [0.1, 0.15) is 0 Å². The van der Waals surface area contributed by atoms with Crippen LogP contribution in [0.2, 0.25) is 0 Å². The Morgan fingerprint density at radius 1 is 0.920 bits per heavy atom. The minimum Gasteiger partial charge on any atom is -0.343 e. The number of alkyl halides is 3. The van der Waals surface area contributed by atoms with Crippen LogP contribution in [0.5, 0.6) is 0 Å². The Labute approximate surface area is 138 Å². The second-order valence-corrected chi connectivity index (χ2v) is 4.93. The Morgan fingerprint density at radius 3 is 2.12 bits per heavy atom. The van der Waals surface area contributed by atoms with E-state index in [1.165, 1.54) is 0 Å². The van der Waals surface area contributed by atoms with Crippen molar-refractivity contribution in [3.05, 3.63) is 65.2 Å². The van der Waals surface area contributed by atoms with Crippen molar-refractivity contribution in [3.63, 3.8) is 0 Å². The van der Waals surface area contributed by atoms with E-state index in [1.807, 2.05) is 0 Å². The van der Waals surface area contributed by atoms with Gasteiger partial charge >= 0.3 is 6.18 Å². The van der Waals surface area contributed by atoms with E-state index in [9.17, 15) is 31.5 Å². The third-order valence-corrected chi connectivity index (χ3v) is 3.09. The van der Waals surface area contributed by atoms with E-state index in [1.54, 1.807) is 0 Å². The standard InChI is InChI=1S/C16H11F5N2O2/c17-12-6-1-9(7-13(12)18)15(25)22-8-14(24)23-11-4-2-10(3-5-11)16(19,20)21/h1-7H,8H2,(H,22,25)(H,23,24). The lowest BCUT2D eigenvalue weighted by atomic mass is 10.2. The number of hydrogen-bond donors (Lipinski definition) is 2. The lowest BCUT2D eigenvalue weighted by Crippen LogP contribution is -2.32. The maximum Gasteiger partial charge on any atom is 0.416 e. The molecule has 0 saturated heterocycles. The van der Waals surface area contributed by atoms with Gasteiger partial charge < -0.3 is 10.6 Å². The zero-order chi connectivity index (χ0) is 18.6. The average molecular weight is 358 g/mol. The third-order valence-electron chi connectivity index (χ3n) is 3.09. The van der Waals surface area contributed by atoms with Crippen molar-refractivity contribution in [1.82, 2.24) is 5.32 Å². The van der Waals surface area contributed by atoms with Crippen LogP contribution in [0.15, 0.2) is 42.5 Å². The first-order chi connectivity index (χ1) is 11.7. The van der Waals surface area contributed by atoms with Crippen molar-refractivity contribution in [1.29, 1.82) is 0 Å². The van der Waals surface area contributed by atoms with Crippen molar-refractivity contribution >= 4 is 17.5 Å². The normalized spacial score (nSPS) is 11.1. The van der Waals surface area contributed by atoms with Crippen molar-refractivity contribution < 1.29 is 31.5 Å². The van der Waals surface area contributed by atoms with Gasteiger partial charge in [0, 0.05) is 11.3 Å². The monoisotopic (exact) mass is 358 g/mol. The first-order valence-corrected chi connectivity index (χ1v) is 6.87. The summed E-state index contributed by atoms with van der Waals surface area (Å²) in [6, 6.07) is 6.23. The number of nitrogens with one attached hydrogen (secondary N) is 2. The number of amides is 2. The van der Waals surface area contributed by atoms with E-state index in [0.717, 1.165) is 36.4 Å². The van der Waals surface area contributed by atoms with Crippen LogP contribution in [0, 0.1) is 11.6 Å². The molecule has 0 aromatic heterocycles. The first-order valence-electron chi connectivity index (χ1n) is 6.87. The zero-order valence-corrected chi connectivity index (χ0v) is 12.5. The van der Waals surface area contributed by atoms with E-state index in [4.69, 9.17) is 0 Å². The van der Waals surface area contributed by atoms with Crippen LogP contribution < -0.4 is 10.6 Å². The van der Waals surface area contributed by atoms with Crippen molar-refractivity contribution in [2.45, 2.75) is 6.18 Å². The summed E-state index contributed by atoms with van der Waals surface area (Å²) in [5.41, 5.74) is -0.932. The van der Waals surface area contributed by atoms with Gasteiger partial charge in [-0.15, -0.1) is 0 Å². The highest BCUT2D eigenvalue weighted by molar-refractivity contribution is 5.99. The molecule has 0 fully saturated rings. The van der Waals surface area contributed by atoms with Gasteiger partial charge in [-0.3, -0.25) is 9.59 Å². The van der Waals surface area contributed by atoms with Gasteiger partial charge in [-0.1, -0.05) is 0 Å².